The zero-order valence-electron chi connectivity index (χ0n) is 13.3. The van der Waals surface area contributed by atoms with E-state index in [9.17, 15) is 9.59 Å². The van der Waals surface area contributed by atoms with Crippen molar-refractivity contribution in [1.82, 2.24) is 9.80 Å². The van der Waals surface area contributed by atoms with Gasteiger partial charge in [0.1, 0.15) is 0 Å². The summed E-state index contributed by atoms with van der Waals surface area (Å²) in [6.07, 6.45) is 2.68. The molecular weight excluding hydrogens is 280 g/mol. The Morgan fingerprint density at radius 3 is 2.55 bits per heavy atom. The van der Waals surface area contributed by atoms with Crippen molar-refractivity contribution in [3.8, 4) is 0 Å². The molecule has 1 aliphatic heterocycles. The first kappa shape index (κ1) is 16.5. The molecule has 0 aromatic heterocycles. The van der Waals surface area contributed by atoms with E-state index in [1.165, 1.54) is 5.56 Å². The van der Waals surface area contributed by atoms with Gasteiger partial charge in [0.05, 0.1) is 5.56 Å². The van der Waals surface area contributed by atoms with Gasteiger partial charge in [-0.15, -0.1) is 0 Å². The maximum Gasteiger partial charge on any atom is 0.335 e. The molecule has 1 aromatic rings. The second-order valence-electron chi connectivity index (χ2n) is 6.20. The number of likely N-dealkylation sites (tertiary alicyclic amines) is 1. The van der Waals surface area contributed by atoms with E-state index in [4.69, 9.17) is 5.11 Å². The largest absolute Gasteiger partial charge is 0.478 e. The fraction of sp³-hybridized carbons (Fsp3) is 0.529. The van der Waals surface area contributed by atoms with Crippen LogP contribution in [0.5, 0.6) is 0 Å². The molecule has 1 fully saturated rings. The molecule has 0 spiro atoms. The lowest BCUT2D eigenvalue weighted by molar-refractivity contribution is -0.128. The van der Waals surface area contributed by atoms with Gasteiger partial charge < -0.3 is 14.9 Å². The summed E-state index contributed by atoms with van der Waals surface area (Å²) in [5.74, 6) is -0.123. The van der Waals surface area contributed by atoms with Crippen LogP contribution in [0.1, 0.15) is 28.8 Å². The van der Waals surface area contributed by atoms with Crippen LogP contribution in [0.15, 0.2) is 24.3 Å². The van der Waals surface area contributed by atoms with Crippen molar-refractivity contribution in [1.29, 1.82) is 0 Å². The highest BCUT2D eigenvalue weighted by molar-refractivity contribution is 5.87. The molecule has 1 N–H and O–H groups in total. The van der Waals surface area contributed by atoms with Crippen molar-refractivity contribution in [2.24, 2.45) is 5.92 Å². The maximum atomic E-state index is 11.6. The highest BCUT2D eigenvalue weighted by Crippen LogP contribution is 2.21. The fourth-order valence-electron chi connectivity index (χ4n) is 2.88. The summed E-state index contributed by atoms with van der Waals surface area (Å²) >= 11 is 0. The van der Waals surface area contributed by atoms with Crippen LogP contribution >= 0.6 is 0 Å². The number of carbonyl (C=O) groups excluding carboxylic acids is 1. The van der Waals surface area contributed by atoms with Crippen molar-refractivity contribution in [2.45, 2.75) is 19.3 Å². The van der Waals surface area contributed by atoms with E-state index in [0.29, 0.717) is 17.9 Å². The minimum atomic E-state index is -0.885. The Morgan fingerprint density at radius 2 is 1.95 bits per heavy atom. The van der Waals surface area contributed by atoms with Gasteiger partial charge in [-0.25, -0.2) is 4.79 Å². The first-order valence-corrected chi connectivity index (χ1v) is 7.70. The van der Waals surface area contributed by atoms with Crippen LogP contribution in [-0.2, 0) is 11.2 Å². The molecule has 120 valence electrons. The predicted molar refractivity (Wildman–Crippen MR) is 85.0 cm³/mol. The van der Waals surface area contributed by atoms with Gasteiger partial charge in [0.15, 0.2) is 0 Å². The van der Waals surface area contributed by atoms with Crippen LogP contribution in [0.2, 0.25) is 0 Å². The Kier molecular flexibility index (Phi) is 5.55. The van der Waals surface area contributed by atoms with Crippen molar-refractivity contribution in [2.75, 3.05) is 33.7 Å². The lowest BCUT2D eigenvalue weighted by Gasteiger charge is -2.17. The second-order valence-corrected chi connectivity index (χ2v) is 6.20. The molecule has 1 atom stereocenters. The van der Waals surface area contributed by atoms with Gasteiger partial charge in [-0.3, -0.25) is 4.79 Å². The number of carbonyl (C=O) groups is 2. The van der Waals surface area contributed by atoms with Crippen LogP contribution < -0.4 is 0 Å². The third-order valence-corrected chi connectivity index (χ3v) is 4.24. The maximum absolute atomic E-state index is 11.6. The van der Waals surface area contributed by atoms with Gasteiger partial charge in [0, 0.05) is 33.6 Å². The van der Waals surface area contributed by atoms with E-state index in [0.717, 1.165) is 32.5 Å². The zero-order chi connectivity index (χ0) is 16.1. The Labute approximate surface area is 131 Å². The molecule has 1 saturated heterocycles. The molecule has 1 amide bonds. The Bertz CT molecular complexity index is 525. The number of amides is 1. The van der Waals surface area contributed by atoms with E-state index in [2.05, 4.69) is 4.90 Å². The zero-order valence-corrected chi connectivity index (χ0v) is 13.3. The van der Waals surface area contributed by atoms with E-state index in [-0.39, 0.29) is 5.91 Å². The number of hydrogen-bond donors (Lipinski definition) is 1. The van der Waals surface area contributed by atoms with E-state index in [1.807, 2.05) is 12.1 Å². The van der Waals surface area contributed by atoms with Gasteiger partial charge in [-0.2, -0.15) is 0 Å². The molecule has 5 heteroatoms. The van der Waals surface area contributed by atoms with Gasteiger partial charge in [0.25, 0.3) is 0 Å². The number of benzene rings is 1. The molecule has 5 nitrogen and oxygen atoms in total. The molecular formula is C17H24N2O3. The summed E-state index contributed by atoms with van der Waals surface area (Å²) in [6.45, 7) is 2.88. The highest BCUT2D eigenvalue weighted by Gasteiger charge is 2.23. The first-order valence-electron chi connectivity index (χ1n) is 7.70. The van der Waals surface area contributed by atoms with Crippen molar-refractivity contribution >= 4 is 11.9 Å². The normalized spacial score (nSPS) is 18.4. The fourth-order valence-corrected chi connectivity index (χ4v) is 2.88. The summed E-state index contributed by atoms with van der Waals surface area (Å²) in [5.41, 5.74) is 1.51. The molecule has 1 aliphatic rings. The van der Waals surface area contributed by atoms with Crippen LogP contribution in [0.3, 0.4) is 0 Å². The van der Waals surface area contributed by atoms with E-state index >= 15 is 0 Å². The number of carboxylic acid groups (broad SMARTS) is 1. The van der Waals surface area contributed by atoms with Crippen LogP contribution in [0.4, 0.5) is 0 Å². The SMILES string of the molecule is CN(C)C(=O)CCN1CCC(Cc2ccc(C(=O)O)cc2)C1. The monoisotopic (exact) mass is 304 g/mol. The molecule has 22 heavy (non-hydrogen) atoms. The molecule has 0 aliphatic carbocycles. The molecule has 1 aromatic carbocycles. The minimum absolute atomic E-state index is 0.174. The molecule has 1 heterocycles. The number of aromatic carboxylic acids is 1. The van der Waals surface area contributed by atoms with E-state index < -0.39 is 5.97 Å². The average Bonchev–Trinajstić information content (AvgIpc) is 2.92. The van der Waals surface area contributed by atoms with Crippen molar-refractivity contribution in [3.63, 3.8) is 0 Å². The number of carboxylic acids is 1. The molecule has 0 bridgehead atoms. The van der Waals surface area contributed by atoms with E-state index in [1.54, 1.807) is 31.1 Å². The molecule has 1 unspecified atom stereocenters. The van der Waals surface area contributed by atoms with Crippen molar-refractivity contribution in [3.05, 3.63) is 35.4 Å². The molecule has 2 rings (SSSR count). The second kappa shape index (κ2) is 7.40. The Morgan fingerprint density at radius 1 is 1.27 bits per heavy atom. The summed E-state index contributed by atoms with van der Waals surface area (Å²) in [4.78, 5) is 26.4. The summed E-state index contributed by atoms with van der Waals surface area (Å²) in [6, 6.07) is 7.14. The minimum Gasteiger partial charge on any atom is -0.478 e. The van der Waals surface area contributed by atoms with Gasteiger partial charge >= 0.3 is 5.97 Å². The first-order chi connectivity index (χ1) is 10.5. The van der Waals surface area contributed by atoms with Gasteiger partial charge in [-0.05, 0) is 43.0 Å². The number of nitrogens with zero attached hydrogens (tertiary/aromatic N) is 2. The predicted octanol–water partition coefficient (Wildman–Crippen LogP) is 1.73. The lowest BCUT2D eigenvalue weighted by atomic mass is 9.98. The van der Waals surface area contributed by atoms with Crippen LogP contribution in [0.25, 0.3) is 0 Å². The number of rotatable bonds is 6. The highest BCUT2D eigenvalue weighted by atomic mass is 16.4. The molecule has 0 radical (unpaired) electrons. The van der Waals surface area contributed by atoms with Gasteiger partial charge in [-0.1, -0.05) is 12.1 Å². The molecule has 0 saturated carbocycles. The number of hydrogen-bond acceptors (Lipinski definition) is 3. The Balaban J connectivity index is 1.78. The average molecular weight is 304 g/mol. The van der Waals surface area contributed by atoms with Crippen molar-refractivity contribution < 1.29 is 14.7 Å². The topological polar surface area (TPSA) is 60.9 Å². The third kappa shape index (κ3) is 4.56. The van der Waals surface area contributed by atoms with Crippen LogP contribution in [-0.4, -0.2) is 60.5 Å². The summed E-state index contributed by atoms with van der Waals surface area (Å²) < 4.78 is 0. The quantitative estimate of drug-likeness (QED) is 0.869. The third-order valence-electron chi connectivity index (χ3n) is 4.24. The smallest absolute Gasteiger partial charge is 0.335 e. The summed E-state index contributed by atoms with van der Waals surface area (Å²) in [5, 5.41) is 8.90. The Hall–Kier alpha value is -1.88. The summed E-state index contributed by atoms with van der Waals surface area (Å²) in [7, 11) is 3.58. The standard InChI is InChI=1S/C17H24N2O3/c1-18(2)16(20)8-10-19-9-7-14(12-19)11-13-3-5-15(6-4-13)17(21)22/h3-6,14H,7-12H2,1-2H3,(H,21,22). The van der Waals surface area contributed by atoms with Crippen LogP contribution in [0, 0.1) is 5.92 Å². The van der Waals surface area contributed by atoms with Gasteiger partial charge in [0.2, 0.25) is 5.91 Å². The lowest BCUT2D eigenvalue weighted by Crippen LogP contribution is -2.29.